The van der Waals surface area contributed by atoms with Gasteiger partial charge >= 0.3 is 0 Å². The van der Waals surface area contributed by atoms with E-state index in [1.807, 2.05) is 26.0 Å². The van der Waals surface area contributed by atoms with Gasteiger partial charge in [0.25, 0.3) is 5.91 Å². The summed E-state index contributed by atoms with van der Waals surface area (Å²) in [5.74, 6) is 0.847. The van der Waals surface area contributed by atoms with Crippen LogP contribution in [0.2, 0.25) is 0 Å². The Hall–Kier alpha value is -2.14. The average molecular weight is 340 g/mol. The van der Waals surface area contributed by atoms with Crippen LogP contribution in [0.1, 0.15) is 45.6 Å². The third kappa shape index (κ3) is 2.63. The third-order valence-electron chi connectivity index (χ3n) is 4.70. The molecule has 0 spiro atoms. The van der Waals surface area contributed by atoms with E-state index in [2.05, 4.69) is 23.3 Å². The van der Waals surface area contributed by atoms with Gasteiger partial charge in [-0.3, -0.25) is 10.1 Å². The number of rotatable bonds is 2. The van der Waals surface area contributed by atoms with Gasteiger partial charge in [-0.2, -0.15) is 0 Å². The average Bonchev–Trinajstić information content (AvgIpc) is 3.08. The SMILES string of the molecule is Cc1ccc2oc(C(=O)Nc3nc4c(s3)CC(C)CC4)c(C)c2c1. The molecule has 1 N–H and O–H groups in total. The van der Waals surface area contributed by atoms with Crippen molar-refractivity contribution < 1.29 is 9.21 Å². The molecular weight excluding hydrogens is 320 g/mol. The molecule has 2 aromatic heterocycles. The van der Waals surface area contributed by atoms with E-state index in [9.17, 15) is 4.79 Å². The van der Waals surface area contributed by atoms with E-state index in [-0.39, 0.29) is 5.91 Å². The monoisotopic (exact) mass is 340 g/mol. The van der Waals surface area contributed by atoms with Gasteiger partial charge in [0.15, 0.2) is 10.9 Å². The molecule has 124 valence electrons. The number of furan rings is 1. The summed E-state index contributed by atoms with van der Waals surface area (Å²) in [6.07, 6.45) is 3.24. The maximum Gasteiger partial charge on any atom is 0.293 e. The Labute approximate surface area is 144 Å². The number of hydrogen-bond acceptors (Lipinski definition) is 4. The lowest BCUT2D eigenvalue weighted by Gasteiger charge is -2.15. The Kier molecular flexibility index (Phi) is 3.68. The van der Waals surface area contributed by atoms with Gasteiger partial charge in [-0.1, -0.05) is 18.6 Å². The standard InChI is InChI=1S/C19H20N2O2S/c1-10-5-7-15-13(8-10)12(3)17(23-15)18(22)21-19-20-14-6-4-11(2)9-16(14)24-19/h5,7-8,11H,4,6,9H2,1-3H3,(H,20,21,22). The van der Waals surface area contributed by atoms with Crippen LogP contribution in [-0.4, -0.2) is 10.9 Å². The van der Waals surface area contributed by atoms with E-state index in [0.29, 0.717) is 16.8 Å². The maximum absolute atomic E-state index is 12.6. The lowest BCUT2D eigenvalue weighted by atomic mass is 9.93. The summed E-state index contributed by atoms with van der Waals surface area (Å²) in [4.78, 5) is 18.5. The molecule has 2 heterocycles. The van der Waals surface area contributed by atoms with Crippen LogP contribution in [0, 0.1) is 19.8 Å². The summed E-state index contributed by atoms with van der Waals surface area (Å²) in [5.41, 5.74) is 3.92. The van der Waals surface area contributed by atoms with E-state index in [1.54, 1.807) is 11.3 Å². The Morgan fingerprint density at radius 2 is 2.21 bits per heavy atom. The van der Waals surface area contributed by atoms with Crippen molar-refractivity contribution in [3.8, 4) is 0 Å². The highest BCUT2D eigenvalue weighted by Gasteiger charge is 2.23. The van der Waals surface area contributed by atoms with Crippen LogP contribution in [0.25, 0.3) is 11.0 Å². The van der Waals surface area contributed by atoms with Gasteiger partial charge in [0.05, 0.1) is 5.69 Å². The van der Waals surface area contributed by atoms with E-state index in [0.717, 1.165) is 40.6 Å². The third-order valence-corrected chi connectivity index (χ3v) is 5.74. The first-order valence-corrected chi connectivity index (χ1v) is 9.12. The molecule has 0 bridgehead atoms. The zero-order valence-corrected chi connectivity index (χ0v) is 14.9. The van der Waals surface area contributed by atoms with Gasteiger partial charge in [0.2, 0.25) is 0 Å². The molecule has 24 heavy (non-hydrogen) atoms. The molecule has 0 radical (unpaired) electrons. The molecule has 3 aromatic rings. The number of nitrogens with one attached hydrogen (secondary N) is 1. The maximum atomic E-state index is 12.6. The Morgan fingerprint density at radius 3 is 3.04 bits per heavy atom. The largest absolute Gasteiger partial charge is 0.451 e. The summed E-state index contributed by atoms with van der Waals surface area (Å²) < 4.78 is 5.77. The second kappa shape index (κ2) is 5.74. The van der Waals surface area contributed by atoms with Crippen molar-refractivity contribution >= 4 is 33.3 Å². The van der Waals surface area contributed by atoms with Crippen molar-refractivity contribution in [2.24, 2.45) is 5.92 Å². The van der Waals surface area contributed by atoms with E-state index < -0.39 is 0 Å². The number of anilines is 1. The van der Waals surface area contributed by atoms with Gasteiger partial charge in [-0.15, -0.1) is 11.3 Å². The zero-order valence-electron chi connectivity index (χ0n) is 14.1. The van der Waals surface area contributed by atoms with Crippen LogP contribution in [0.15, 0.2) is 22.6 Å². The molecule has 0 fully saturated rings. The summed E-state index contributed by atoms with van der Waals surface area (Å²) in [5, 5.41) is 4.59. The normalized spacial score (nSPS) is 17.0. The fourth-order valence-electron chi connectivity index (χ4n) is 3.30. The second-order valence-corrected chi connectivity index (χ2v) is 7.83. The van der Waals surface area contributed by atoms with Crippen LogP contribution in [-0.2, 0) is 12.8 Å². The highest BCUT2D eigenvalue weighted by Crippen LogP contribution is 2.33. The van der Waals surface area contributed by atoms with Crippen molar-refractivity contribution in [3.05, 3.63) is 45.7 Å². The number of carbonyl (C=O) groups excluding carboxylic acids is 1. The number of benzene rings is 1. The number of nitrogens with zero attached hydrogens (tertiary/aromatic N) is 1. The molecule has 1 amide bonds. The zero-order chi connectivity index (χ0) is 16.8. The minimum Gasteiger partial charge on any atom is -0.451 e. The van der Waals surface area contributed by atoms with Crippen LogP contribution in [0.4, 0.5) is 5.13 Å². The van der Waals surface area contributed by atoms with Gasteiger partial charge in [-0.25, -0.2) is 4.98 Å². The van der Waals surface area contributed by atoms with Gasteiger partial charge in [-0.05, 0) is 51.2 Å². The highest BCUT2D eigenvalue weighted by atomic mass is 32.1. The predicted octanol–water partition coefficient (Wildman–Crippen LogP) is 4.88. The van der Waals surface area contributed by atoms with Gasteiger partial charge < -0.3 is 4.42 Å². The number of thiazole rings is 1. The van der Waals surface area contributed by atoms with E-state index in [1.165, 1.54) is 11.3 Å². The molecule has 0 aliphatic heterocycles. The van der Waals surface area contributed by atoms with Crippen LogP contribution in [0.3, 0.4) is 0 Å². The van der Waals surface area contributed by atoms with Crippen molar-refractivity contribution in [2.45, 2.75) is 40.0 Å². The molecule has 1 atom stereocenters. The fourth-order valence-corrected chi connectivity index (χ4v) is 4.46. The fraction of sp³-hybridized carbons (Fsp3) is 0.368. The van der Waals surface area contributed by atoms with Crippen molar-refractivity contribution in [1.82, 2.24) is 4.98 Å². The number of aryl methyl sites for hydroxylation is 3. The number of fused-ring (bicyclic) bond motifs is 2. The number of aromatic nitrogens is 1. The quantitative estimate of drug-likeness (QED) is 0.723. The second-order valence-electron chi connectivity index (χ2n) is 6.75. The molecule has 1 aliphatic rings. The summed E-state index contributed by atoms with van der Waals surface area (Å²) >= 11 is 1.59. The summed E-state index contributed by atoms with van der Waals surface area (Å²) in [6, 6.07) is 5.95. The lowest BCUT2D eigenvalue weighted by molar-refractivity contribution is 0.0998. The molecular formula is C19H20N2O2S. The minimum atomic E-state index is -0.222. The lowest BCUT2D eigenvalue weighted by Crippen LogP contribution is -2.12. The molecule has 0 saturated heterocycles. The summed E-state index contributed by atoms with van der Waals surface area (Å²) in [6.45, 7) is 6.22. The Bertz CT molecular complexity index is 938. The first kappa shape index (κ1) is 15.4. The van der Waals surface area contributed by atoms with Crippen molar-refractivity contribution in [3.63, 3.8) is 0 Å². The molecule has 1 aliphatic carbocycles. The van der Waals surface area contributed by atoms with Gasteiger partial charge in [0.1, 0.15) is 5.58 Å². The first-order chi connectivity index (χ1) is 11.5. The molecule has 1 aromatic carbocycles. The molecule has 4 nitrogen and oxygen atoms in total. The van der Waals surface area contributed by atoms with Crippen molar-refractivity contribution in [2.75, 3.05) is 5.32 Å². The summed E-state index contributed by atoms with van der Waals surface area (Å²) in [7, 11) is 0. The van der Waals surface area contributed by atoms with Crippen LogP contribution < -0.4 is 5.32 Å². The first-order valence-electron chi connectivity index (χ1n) is 8.31. The van der Waals surface area contributed by atoms with Crippen molar-refractivity contribution in [1.29, 1.82) is 0 Å². The molecule has 1 unspecified atom stereocenters. The predicted molar refractivity (Wildman–Crippen MR) is 96.9 cm³/mol. The van der Waals surface area contributed by atoms with Gasteiger partial charge in [0, 0.05) is 15.8 Å². The Balaban J connectivity index is 1.62. The van der Waals surface area contributed by atoms with E-state index in [4.69, 9.17) is 4.42 Å². The number of amides is 1. The topological polar surface area (TPSA) is 55.1 Å². The minimum absolute atomic E-state index is 0.222. The smallest absolute Gasteiger partial charge is 0.293 e. The van der Waals surface area contributed by atoms with Crippen LogP contribution in [0.5, 0.6) is 0 Å². The number of carbonyl (C=O) groups is 1. The van der Waals surface area contributed by atoms with Crippen LogP contribution >= 0.6 is 11.3 Å². The molecule has 5 heteroatoms. The van der Waals surface area contributed by atoms with E-state index >= 15 is 0 Å². The molecule has 0 saturated carbocycles. The molecule has 4 rings (SSSR count). The Morgan fingerprint density at radius 1 is 1.38 bits per heavy atom. The highest BCUT2D eigenvalue weighted by molar-refractivity contribution is 7.15. The number of hydrogen-bond donors (Lipinski definition) is 1.